The Morgan fingerprint density at radius 1 is 1.17 bits per heavy atom. The summed E-state index contributed by atoms with van der Waals surface area (Å²) in [6.07, 6.45) is 3.84. The van der Waals surface area contributed by atoms with Crippen LogP contribution in [0, 0.1) is 0 Å². The zero-order chi connectivity index (χ0) is 17.3. The summed E-state index contributed by atoms with van der Waals surface area (Å²) in [5.74, 6) is -0.328. The van der Waals surface area contributed by atoms with Gasteiger partial charge >= 0.3 is 0 Å². The van der Waals surface area contributed by atoms with E-state index in [0.29, 0.717) is 0 Å². The minimum absolute atomic E-state index is 0.153. The van der Waals surface area contributed by atoms with Crippen molar-refractivity contribution in [2.24, 2.45) is 0 Å². The lowest BCUT2D eigenvalue weighted by Crippen LogP contribution is -2.53. The number of fused-ring (bicyclic) bond motifs is 1. The SMILES string of the molecule is CNS(=O)(=O)N1CCN(C(=O)c2cc3c([nH]c2=O)CCCC3)CC1. The maximum Gasteiger partial charge on any atom is 0.279 e. The molecule has 0 spiro atoms. The largest absolute Gasteiger partial charge is 0.336 e. The Morgan fingerprint density at radius 3 is 2.50 bits per heavy atom. The molecule has 132 valence electrons. The lowest BCUT2D eigenvalue weighted by Gasteiger charge is -2.33. The van der Waals surface area contributed by atoms with Gasteiger partial charge in [-0.25, -0.2) is 4.72 Å². The van der Waals surface area contributed by atoms with Gasteiger partial charge in [0.1, 0.15) is 5.56 Å². The lowest BCUT2D eigenvalue weighted by atomic mass is 9.95. The van der Waals surface area contributed by atoms with E-state index in [2.05, 4.69) is 9.71 Å². The van der Waals surface area contributed by atoms with E-state index >= 15 is 0 Å². The monoisotopic (exact) mass is 354 g/mol. The van der Waals surface area contributed by atoms with Gasteiger partial charge in [0, 0.05) is 38.9 Å². The molecule has 1 saturated heterocycles. The first-order chi connectivity index (χ1) is 11.4. The zero-order valence-electron chi connectivity index (χ0n) is 13.7. The minimum atomic E-state index is -3.48. The van der Waals surface area contributed by atoms with Crippen LogP contribution in [0.5, 0.6) is 0 Å². The summed E-state index contributed by atoms with van der Waals surface area (Å²) in [7, 11) is -2.12. The number of pyridine rings is 1. The summed E-state index contributed by atoms with van der Waals surface area (Å²) in [6, 6.07) is 1.71. The van der Waals surface area contributed by atoms with Gasteiger partial charge in [-0.15, -0.1) is 0 Å². The van der Waals surface area contributed by atoms with Gasteiger partial charge < -0.3 is 9.88 Å². The molecule has 0 bridgehead atoms. The number of piperazine rings is 1. The van der Waals surface area contributed by atoms with Crippen molar-refractivity contribution in [2.75, 3.05) is 33.2 Å². The molecule has 0 unspecified atom stereocenters. The van der Waals surface area contributed by atoms with Crippen molar-refractivity contribution in [3.8, 4) is 0 Å². The van der Waals surface area contributed by atoms with E-state index in [1.807, 2.05) is 0 Å². The molecule has 3 rings (SSSR count). The van der Waals surface area contributed by atoms with Crippen LogP contribution in [0.1, 0.15) is 34.5 Å². The minimum Gasteiger partial charge on any atom is -0.336 e. The summed E-state index contributed by atoms with van der Waals surface area (Å²) in [4.78, 5) is 29.3. The number of hydrogen-bond donors (Lipinski definition) is 2. The summed E-state index contributed by atoms with van der Waals surface area (Å²) < 4.78 is 27.1. The topological polar surface area (TPSA) is 103 Å². The van der Waals surface area contributed by atoms with Crippen LogP contribution in [0.15, 0.2) is 10.9 Å². The molecule has 8 nitrogen and oxygen atoms in total. The molecule has 1 aromatic rings. The summed E-state index contributed by atoms with van der Waals surface area (Å²) in [5, 5.41) is 0. The Kier molecular flexibility index (Phi) is 4.75. The van der Waals surface area contributed by atoms with Crippen molar-refractivity contribution in [1.82, 2.24) is 18.9 Å². The average Bonchev–Trinajstić information content (AvgIpc) is 2.60. The van der Waals surface area contributed by atoms with Gasteiger partial charge in [-0.1, -0.05) is 0 Å². The van der Waals surface area contributed by atoms with Gasteiger partial charge in [0.05, 0.1) is 0 Å². The summed E-state index contributed by atoms with van der Waals surface area (Å²) in [6.45, 7) is 0.988. The number of aromatic nitrogens is 1. The Hall–Kier alpha value is -1.71. The fraction of sp³-hybridized carbons (Fsp3) is 0.600. The first kappa shape index (κ1) is 17.1. The van der Waals surface area contributed by atoms with Crippen LogP contribution in [0.4, 0.5) is 0 Å². The molecule has 0 radical (unpaired) electrons. The smallest absolute Gasteiger partial charge is 0.279 e. The van der Waals surface area contributed by atoms with Crippen molar-refractivity contribution in [3.05, 3.63) is 33.2 Å². The molecule has 1 aliphatic heterocycles. The van der Waals surface area contributed by atoms with Crippen LogP contribution in [-0.2, 0) is 23.1 Å². The number of nitrogens with one attached hydrogen (secondary N) is 2. The maximum absolute atomic E-state index is 12.7. The normalized spacial score (nSPS) is 19.1. The van der Waals surface area contributed by atoms with Gasteiger partial charge in [0.15, 0.2) is 0 Å². The van der Waals surface area contributed by atoms with Crippen molar-refractivity contribution in [2.45, 2.75) is 25.7 Å². The number of aryl methyl sites for hydroxylation is 2. The molecule has 0 aromatic carbocycles. The van der Waals surface area contributed by atoms with Crippen LogP contribution in [-0.4, -0.2) is 61.7 Å². The highest BCUT2D eigenvalue weighted by molar-refractivity contribution is 7.87. The van der Waals surface area contributed by atoms with Crippen molar-refractivity contribution in [3.63, 3.8) is 0 Å². The summed E-state index contributed by atoms with van der Waals surface area (Å²) >= 11 is 0. The number of carbonyl (C=O) groups excluding carboxylic acids is 1. The third-order valence-electron chi connectivity index (χ3n) is 4.69. The lowest BCUT2D eigenvalue weighted by molar-refractivity contribution is 0.0695. The molecule has 1 fully saturated rings. The molecule has 24 heavy (non-hydrogen) atoms. The Labute approximate surface area is 141 Å². The van der Waals surface area contributed by atoms with Gasteiger partial charge in [0.25, 0.3) is 21.7 Å². The molecule has 2 N–H and O–H groups in total. The van der Waals surface area contributed by atoms with E-state index in [-0.39, 0.29) is 43.2 Å². The molecule has 2 aliphatic rings. The first-order valence-electron chi connectivity index (χ1n) is 8.15. The van der Waals surface area contributed by atoms with E-state index < -0.39 is 10.2 Å². The molecule has 1 aromatic heterocycles. The Morgan fingerprint density at radius 2 is 1.83 bits per heavy atom. The molecule has 0 atom stereocenters. The van der Waals surface area contributed by atoms with Gasteiger partial charge in [-0.3, -0.25) is 9.59 Å². The van der Waals surface area contributed by atoms with E-state index in [1.54, 1.807) is 11.0 Å². The van der Waals surface area contributed by atoms with Crippen molar-refractivity contribution >= 4 is 16.1 Å². The van der Waals surface area contributed by atoms with Crippen LogP contribution < -0.4 is 10.3 Å². The zero-order valence-corrected chi connectivity index (χ0v) is 14.5. The number of hydrogen-bond acceptors (Lipinski definition) is 4. The highest BCUT2D eigenvalue weighted by Gasteiger charge is 2.29. The molecule has 1 aliphatic carbocycles. The van der Waals surface area contributed by atoms with E-state index in [1.165, 1.54) is 11.4 Å². The molecule has 9 heteroatoms. The van der Waals surface area contributed by atoms with Gasteiger partial charge in [-0.2, -0.15) is 12.7 Å². The fourth-order valence-corrected chi connectivity index (χ4v) is 4.17. The quantitative estimate of drug-likeness (QED) is 0.762. The standard InChI is InChI=1S/C15H22N4O4S/c1-16-24(22,23)19-8-6-18(7-9-19)15(21)12-10-11-4-2-3-5-13(11)17-14(12)20/h10,16H,2-9H2,1H3,(H,17,20). The van der Waals surface area contributed by atoms with Crippen molar-refractivity contribution in [1.29, 1.82) is 0 Å². The molecular formula is C15H22N4O4S. The maximum atomic E-state index is 12.7. The van der Waals surface area contributed by atoms with Crippen LogP contribution >= 0.6 is 0 Å². The second kappa shape index (κ2) is 6.66. The number of H-pyrrole nitrogens is 1. The number of rotatable bonds is 3. The fourth-order valence-electron chi connectivity index (χ4n) is 3.26. The predicted octanol–water partition coefficient (Wildman–Crippen LogP) is -0.524. The second-order valence-electron chi connectivity index (χ2n) is 6.12. The van der Waals surface area contributed by atoms with E-state index in [4.69, 9.17) is 0 Å². The number of aromatic amines is 1. The predicted molar refractivity (Wildman–Crippen MR) is 89.2 cm³/mol. The summed E-state index contributed by atoms with van der Waals surface area (Å²) in [5.41, 5.74) is 1.78. The van der Waals surface area contributed by atoms with Gasteiger partial charge in [0.2, 0.25) is 0 Å². The molecule has 0 saturated carbocycles. The first-order valence-corrected chi connectivity index (χ1v) is 9.59. The molecule has 2 heterocycles. The van der Waals surface area contributed by atoms with Crippen molar-refractivity contribution < 1.29 is 13.2 Å². The number of amides is 1. The highest BCUT2D eigenvalue weighted by atomic mass is 32.2. The average molecular weight is 354 g/mol. The number of nitrogens with zero attached hydrogens (tertiary/aromatic N) is 2. The van der Waals surface area contributed by atoms with Crippen LogP contribution in [0.3, 0.4) is 0 Å². The van der Waals surface area contributed by atoms with E-state index in [9.17, 15) is 18.0 Å². The third kappa shape index (κ3) is 3.24. The van der Waals surface area contributed by atoms with E-state index in [0.717, 1.165) is 36.9 Å². The molecular weight excluding hydrogens is 332 g/mol. The van der Waals surface area contributed by atoms with Crippen LogP contribution in [0.25, 0.3) is 0 Å². The van der Waals surface area contributed by atoms with Crippen LogP contribution in [0.2, 0.25) is 0 Å². The third-order valence-corrected chi connectivity index (χ3v) is 6.25. The molecule has 1 amide bonds. The Balaban J connectivity index is 1.75. The Bertz CT molecular complexity index is 794. The highest BCUT2D eigenvalue weighted by Crippen LogP contribution is 2.19. The second-order valence-corrected chi connectivity index (χ2v) is 8.00. The van der Waals surface area contributed by atoms with Gasteiger partial charge in [-0.05, 0) is 37.3 Å². The number of carbonyl (C=O) groups is 1.